The predicted molar refractivity (Wildman–Crippen MR) is 96.8 cm³/mol. The topological polar surface area (TPSA) is 49.4 Å². The Morgan fingerprint density at radius 3 is 2.29 bits per heavy atom. The Labute approximate surface area is 159 Å². The van der Waals surface area contributed by atoms with E-state index in [1.165, 1.54) is 0 Å². The van der Waals surface area contributed by atoms with E-state index >= 15 is 0 Å². The SMILES string of the molecule is O=Cc1ccc(N2CCC(C(=O)Nc3ccc(F)cc3C(F)(F)F)CC2)cc1. The van der Waals surface area contributed by atoms with E-state index in [-0.39, 0.29) is 0 Å². The van der Waals surface area contributed by atoms with E-state index in [9.17, 15) is 27.2 Å². The Bertz CT molecular complexity index is 857. The van der Waals surface area contributed by atoms with Gasteiger partial charge in [-0.15, -0.1) is 0 Å². The number of nitrogens with one attached hydrogen (secondary N) is 1. The van der Waals surface area contributed by atoms with E-state index < -0.39 is 35.1 Å². The molecule has 1 amide bonds. The molecule has 1 aliphatic rings. The van der Waals surface area contributed by atoms with Crippen LogP contribution in [0.25, 0.3) is 0 Å². The number of carbonyl (C=O) groups is 2. The minimum Gasteiger partial charge on any atom is -0.371 e. The summed E-state index contributed by atoms with van der Waals surface area (Å²) in [6, 6.07) is 9.23. The standard InChI is InChI=1S/C20H18F4N2O2/c21-15-3-6-18(17(11-15)20(22,23)24)25-19(28)14-7-9-26(10-8-14)16-4-1-13(12-27)2-5-16/h1-6,11-12,14H,7-10H2,(H,25,28). The van der Waals surface area contributed by atoms with Crippen LogP contribution in [0.15, 0.2) is 42.5 Å². The number of aldehydes is 1. The molecule has 1 saturated heterocycles. The number of alkyl halides is 3. The largest absolute Gasteiger partial charge is 0.418 e. The molecule has 0 bridgehead atoms. The summed E-state index contributed by atoms with van der Waals surface area (Å²) in [7, 11) is 0. The van der Waals surface area contributed by atoms with Crippen molar-refractivity contribution in [3.05, 3.63) is 59.4 Å². The van der Waals surface area contributed by atoms with Gasteiger partial charge in [-0.25, -0.2) is 4.39 Å². The van der Waals surface area contributed by atoms with E-state index in [4.69, 9.17) is 0 Å². The highest BCUT2D eigenvalue weighted by Crippen LogP contribution is 2.36. The molecule has 8 heteroatoms. The number of amides is 1. The van der Waals surface area contributed by atoms with E-state index in [1.807, 2.05) is 12.1 Å². The van der Waals surface area contributed by atoms with Gasteiger partial charge >= 0.3 is 6.18 Å². The van der Waals surface area contributed by atoms with E-state index in [0.29, 0.717) is 37.6 Å². The molecule has 1 N–H and O–H groups in total. The van der Waals surface area contributed by atoms with Gasteiger partial charge in [-0.05, 0) is 55.3 Å². The molecular weight excluding hydrogens is 376 g/mol. The lowest BCUT2D eigenvalue weighted by atomic mass is 9.95. The molecule has 3 rings (SSSR count). The van der Waals surface area contributed by atoms with Gasteiger partial charge in [0.1, 0.15) is 12.1 Å². The van der Waals surface area contributed by atoms with Crippen LogP contribution in [-0.4, -0.2) is 25.3 Å². The van der Waals surface area contributed by atoms with Crippen molar-refractivity contribution in [2.45, 2.75) is 19.0 Å². The molecule has 0 spiro atoms. The highest BCUT2D eigenvalue weighted by Gasteiger charge is 2.35. The maximum absolute atomic E-state index is 13.2. The van der Waals surface area contributed by atoms with Crippen LogP contribution in [0.4, 0.5) is 28.9 Å². The summed E-state index contributed by atoms with van der Waals surface area (Å²) in [5.74, 6) is -1.95. The number of hydrogen-bond donors (Lipinski definition) is 1. The predicted octanol–water partition coefficient (Wildman–Crippen LogP) is 4.51. The van der Waals surface area contributed by atoms with Crippen LogP contribution in [0.1, 0.15) is 28.8 Å². The third-order valence-electron chi connectivity index (χ3n) is 4.80. The van der Waals surface area contributed by atoms with Gasteiger partial charge in [0, 0.05) is 30.3 Å². The first-order valence-electron chi connectivity index (χ1n) is 8.76. The van der Waals surface area contributed by atoms with Crippen LogP contribution >= 0.6 is 0 Å². The quantitative estimate of drug-likeness (QED) is 0.613. The fourth-order valence-corrected chi connectivity index (χ4v) is 3.26. The van der Waals surface area contributed by atoms with E-state index in [0.717, 1.165) is 24.1 Å². The summed E-state index contributed by atoms with van der Waals surface area (Å²) in [5.41, 5.74) is -0.153. The van der Waals surface area contributed by atoms with Crippen molar-refractivity contribution in [3.8, 4) is 0 Å². The molecule has 0 atom stereocenters. The molecule has 28 heavy (non-hydrogen) atoms. The van der Waals surface area contributed by atoms with Gasteiger partial charge < -0.3 is 10.2 Å². The Morgan fingerprint density at radius 1 is 1.07 bits per heavy atom. The van der Waals surface area contributed by atoms with Crippen LogP contribution in [0.3, 0.4) is 0 Å². The summed E-state index contributed by atoms with van der Waals surface area (Å²) in [6.07, 6.45) is -3.06. The molecule has 1 fully saturated rings. The maximum Gasteiger partial charge on any atom is 0.418 e. The van der Waals surface area contributed by atoms with Crippen LogP contribution < -0.4 is 10.2 Å². The molecule has 0 aromatic heterocycles. The molecule has 1 heterocycles. The van der Waals surface area contributed by atoms with Crippen molar-refractivity contribution in [1.82, 2.24) is 0 Å². The zero-order valence-electron chi connectivity index (χ0n) is 14.8. The molecule has 0 unspecified atom stereocenters. The average Bonchev–Trinajstić information content (AvgIpc) is 2.68. The van der Waals surface area contributed by atoms with Crippen LogP contribution in [0, 0.1) is 11.7 Å². The van der Waals surface area contributed by atoms with Crippen molar-refractivity contribution < 1.29 is 27.2 Å². The number of nitrogens with zero attached hydrogens (tertiary/aromatic N) is 1. The smallest absolute Gasteiger partial charge is 0.371 e. The molecule has 148 valence electrons. The lowest BCUT2D eigenvalue weighted by Gasteiger charge is -2.33. The van der Waals surface area contributed by atoms with Crippen LogP contribution in [0.2, 0.25) is 0 Å². The summed E-state index contributed by atoms with van der Waals surface area (Å²) < 4.78 is 52.4. The molecule has 0 saturated carbocycles. The molecule has 0 radical (unpaired) electrons. The Morgan fingerprint density at radius 2 is 1.71 bits per heavy atom. The Kier molecular flexibility index (Phi) is 5.67. The second kappa shape index (κ2) is 8.00. The van der Waals surface area contributed by atoms with Crippen molar-refractivity contribution in [2.24, 2.45) is 5.92 Å². The third kappa shape index (κ3) is 4.49. The highest BCUT2D eigenvalue weighted by atomic mass is 19.4. The first-order chi connectivity index (χ1) is 13.3. The van der Waals surface area contributed by atoms with Crippen LogP contribution in [0.5, 0.6) is 0 Å². The Balaban J connectivity index is 1.63. The zero-order chi connectivity index (χ0) is 20.3. The highest BCUT2D eigenvalue weighted by molar-refractivity contribution is 5.93. The normalized spacial score (nSPS) is 15.4. The Hall–Kier alpha value is -2.90. The zero-order valence-corrected chi connectivity index (χ0v) is 14.8. The van der Waals surface area contributed by atoms with Gasteiger partial charge in [-0.2, -0.15) is 13.2 Å². The molecule has 1 aliphatic heterocycles. The fraction of sp³-hybridized carbons (Fsp3) is 0.300. The van der Waals surface area contributed by atoms with Crippen molar-refractivity contribution in [3.63, 3.8) is 0 Å². The lowest BCUT2D eigenvalue weighted by Crippen LogP contribution is -2.38. The van der Waals surface area contributed by atoms with E-state index in [1.54, 1.807) is 12.1 Å². The average molecular weight is 394 g/mol. The van der Waals surface area contributed by atoms with Crippen LogP contribution in [-0.2, 0) is 11.0 Å². The minimum atomic E-state index is -4.76. The number of halogens is 4. The summed E-state index contributed by atoms with van der Waals surface area (Å²) in [4.78, 5) is 25.2. The monoisotopic (exact) mass is 394 g/mol. The molecule has 2 aromatic rings. The number of anilines is 2. The number of benzene rings is 2. The third-order valence-corrected chi connectivity index (χ3v) is 4.80. The second-order valence-corrected chi connectivity index (χ2v) is 6.65. The first-order valence-corrected chi connectivity index (χ1v) is 8.76. The number of hydrogen-bond acceptors (Lipinski definition) is 3. The van der Waals surface area contributed by atoms with Crippen molar-refractivity contribution in [1.29, 1.82) is 0 Å². The van der Waals surface area contributed by atoms with Gasteiger partial charge in [-0.3, -0.25) is 9.59 Å². The van der Waals surface area contributed by atoms with Gasteiger partial charge in [0.05, 0.1) is 11.3 Å². The molecular formula is C20H18F4N2O2. The summed E-state index contributed by atoms with van der Waals surface area (Å²) in [6.45, 7) is 1.13. The van der Waals surface area contributed by atoms with Crippen molar-refractivity contribution >= 4 is 23.6 Å². The van der Waals surface area contributed by atoms with Gasteiger partial charge in [0.25, 0.3) is 0 Å². The fourth-order valence-electron chi connectivity index (χ4n) is 3.26. The summed E-state index contributed by atoms with van der Waals surface area (Å²) in [5, 5.41) is 2.30. The number of piperidine rings is 1. The van der Waals surface area contributed by atoms with Crippen molar-refractivity contribution in [2.75, 3.05) is 23.3 Å². The maximum atomic E-state index is 13.2. The van der Waals surface area contributed by atoms with Gasteiger partial charge in [-0.1, -0.05) is 0 Å². The van der Waals surface area contributed by atoms with E-state index in [2.05, 4.69) is 10.2 Å². The van der Waals surface area contributed by atoms with Gasteiger partial charge in [0.2, 0.25) is 5.91 Å². The lowest BCUT2D eigenvalue weighted by molar-refractivity contribution is -0.137. The molecule has 0 aliphatic carbocycles. The number of carbonyl (C=O) groups excluding carboxylic acids is 2. The number of rotatable bonds is 4. The minimum absolute atomic E-state index is 0.376. The first kappa shape index (κ1) is 19.9. The summed E-state index contributed by atoms with van der Waals surface area (Å²) >= 11 is 0. The second-order valence-electron chi connectivity index (χ2n) is 6.65. The van der Waals surface area contributed by atoms with Gasteiger partial charge in [0.15, 0.2) is 0 Å². The molecule has 4 nitrogen and oxygen atoms in total. The molecule has 2 aromatic carbocycles.